The summed E-state index contributed by atoms with van der Waals surface area (Å²) < 4.78 is 30.9. The molecule has 0 bridgehead atoms. The Morgan fingerprint density at radius 1 is 1.09 bits per heavy atom. The molecule has 1 N–H and O–H groups in total. The van der Waals surface area contributed by atoms with Crippen LogP contribution in [0, 0.1) is 17.8 Å². The maximum atomic E-state index is 11.0. The summed E-state index contributed by atoms with van der Waals surface area (Å²) >= 11 is 0. The lowest BCUT2D eigenvalue weighted by atomic mass is 9.69. The zero-order chi connectivity index (χ0) is 17.3. The van der Waals surface area contributed by atoms with Gasteiger partial charge in [0.25, 0.3) is 10.1 Å². The van der Waals surface area contributed by atoms with Gasteiger partial charge in [-0.3, -0.25) is 4.55 Å². The molecule has 0 fully saturated rings. The first-order valence-electron chi connectivity index (χ1n) is 9.56. The Balaban J connectivity index is 2.75. The molecule has 0 aromatic carbocycles. The van der Waals surface area contributed by atoms with E-state index < -0.39 is 10.1 Å². The zero-order valence-electron chi connectivity index (χ0n) is 15.3. The van der Waals surface area contributed by atoms with Crippen LogP contribution in [0.2, 0.25) is 0 Å². The van der Waals surface area contributed by atoms with Crippen LogP contribution in [-0.2, 0) is 10.1 Å². The van der Waals surface area contributed by atoms with E-state index in [1.54, 1.807) is 5.57 Å². The van der Waals surface area contributed by atoms with Gasteiger partial charge in [0.2, 0.25) is 0 Å². The van der Waals surface area contributed by atoms with Crippen LogP contribution in [0.15, 0.2) is 11.6 Å². The van der Waals surface area contributed by atoms with Gasteiger partial charge in [-0.15, -0.1) is 0 Å². The molecule has 0 amide bonds. The number of rotatable bonds is 11. The predicted molar refractivity (Wildman–Crippen MR) is 98.2 cm³/mol. The first kappa shape index (κ1) is 20.7. The third kappa shape index (κ3) is 7.84. The van der Waals surface area contributed by atoms with Crippen LogP contribution in [0.3, 0.4) is 0 Å². The van der Waals surface area contributed by atoms with Crippen LogP contribution < -0.4 is 0 Å². The van der Waals surface area contributed by atoms with E-state index in [0.29, 0.717) is 24.2 Å². The lowest BCUT2D eigenvalue weighted by molar-refractivity contribution is 0.252. The first-order chi connectivity index (χ1) is 10.9. The van der Waals surface area contributed by atoms with Crippen LogP contribution in [0.5, 0.6) is 0 Å². The Kier molecular flexibility index (Phi) is 9.45. The van der Waals surface area contributed by atoms with E-state index in [1.807, 2.05) is 0 Å². The molecule has 0 aliphatic heterocycles. The third-order valence-electron chi connectivity index (χ3n) is 5.27. The Labute approximate surface area is 143 Å². The van der Waals surface area contributed by atoms with Crippen molar-refractivity contribution < 1.29 is 13.0 Å². The molecule has 0 aromatic heterocycles. The molecule has 3 nitrogen and oxygen atoms in total. The van der Waals surface area contributed by atoms with Crippen molar-refractivity contribution in [1.82, 2.24) is 0 Å². The zero-order valence-corrected chi connectivity index (χ0v) is 16.1. The number of unbranched alkanes of at least 4 members (excludes halogenated alkanes) is 2. The van der Waals surface area contributed by atoms with Crippen molar-refractivity contribution in [1.29, 1.82) is 0 Å². The summed E-state index contributed by atoms with van der Waals surface area (Å²) in [5.41, 5.74) is 1.63. The quantitative estimate of drug-likeness (QED) is 0.300. The molecule has 136 valence electrons. The Bertz CT molecular complexity index is 453. The minimum absolute atomic E-state index is 0.0893. The van der Waals surface area contributed by atoms with Crippen molar-refractivity contribution in [2.45, 2.75) is 85.0 Å². The monoisotopic (exact) mass is 344 g/mol. The Morgan fingerprint density at radius 3 is 2.39 bits per heavy atom. The summed E-state index contributed by atoms with van der Waals surface area (Å²) in [6, 6.07) is 0. The molecule has 0 saturated heterocycles. The van der Waals surface area contributed by atoms with Crippen molar-refractivity contribution in [3.63, 3.8) is 0 Å². The van der Waals surface area contributed by atoms with Gasteiger partial charge in [-0.05, 0) is 62.7 Å². The molecule has 3 atom stereocenters. The minimum atomic E-state index is -3.82. The van der Waals surface area contributed by atoms with Crippen molar-refractivity contribution in [2.24, 2.45) is 17.8 Å². The van der Waals surface area contributed by atoms with E-state index in [0.717, 1.165) is 6.42 Å². The van der Waals surface area contributed by atoms with E-state index in [4.69, 9.17) is 4.55 Å². The summed E-state index contributed by atoms with van der Waals surface area (Å²) in [6.45, 7) is 6.73. The van der Waals surface area contributed by atoms with Gasteiger partial charge in [-0.2, -0.15) is 8.42 Å². The van der Waals surface area contributed by atoms with Gasteiger partial charge in [0.05, 0.1) is 5.75 Å². The lowest BCUT2D eigenvalue weighted by Crippen LogP contribution is -2.25. The number of hydrogen-bond donors (Lipinski definition) is 1. The van der Waals surface area contributed by atoms with Gasteiger partial charge in [-0.1, -0.05) is 51.7 Å². The van der Waals surface area contributed by atoms with Gasteiger partial charge < -0.3 is 0 Å². The first-order valence-corrected chi connectivity index (χ1v) is 11.2. The topological polar surface area (TPSA) is 54.4 Å². The molecular formula is C19H36O3S. The molecule has 23 heavy (non-hydrogen) atoms. The second-order valence-corrected chi connectivity index (χ2v) is 8.76. The van der Waals surface area contributed by atoms with E-state index in [-0.39, 0.29) is 5.75 Å². The van der Waals surface area contributed by atoms with Gasteiger partial charge in [0.1, 0.15) is 0 Å². The number of allylic oxidation sites excluding steroid dienone is 2. The van der Waals surface area contributed by atoms with E-state index in [2.05, 4.69) is 26.8 Å². The smallest absolute Gasteiger partial charge is 0.264 e. The largest absolute Gasteiger partial charge is 0.286 e. The summed E-state index contributed by atoms with van der Waals surface area (Å²) in [5, 5.41) is 0. The molecule has 1 aliphatic carbocycles. The fourth-order valence-electron chi connectivity index (χ4n) is 4.06. The summed E-state index contributed by atoms with van der Waals surface area (Å²) in [7, 11) is -3.82. The summed E-state index contributed by atoms with van der Waals surface area (Å²) in [6.07, 6.45) is 13.8. The molecule has 0 spiro atoms. The normalized spacial score (nSPS) is 25.4. The lowest BCUT2D eigenvalue weighted by Gasteiger charge is -2.36. The SMILES string of the molecule is CCCCCC1=C[C@H](CC)CC(CCCS(=O)(=O)O)[C@@H]1CCC. The van der Waals surface area contributed by atoms with Crippen LogP contribution in [-0.4, -0.2) is 18.7 Å². The van der Waals surface area contributed by atoms with E-state index in [1.165, 1.54) is 51.4 Å². The molecule has 0 radical (unpaired) electrons. The van der Waals surface area contributed by atoms with Crippen LogP contribution >= 0.6 is 0 Å². The molecule has 0 heterocycles. The summed E-state index contributed by atoms with van der Waals surface area (Å²) in [5.74, 6) is 1.77. The van der Waals surface area contributed by atoms with Crippen molar-refractivity contribution >= 4 is 10.1 Å². The average Bonchev–Trinajstić information content (AvgIpc) is 2.48. The molecule has 4 heteroatoms. The van der Waals surface area contributed by atoms with Crippen LogP contribution in [0.25, 0.3) is 0 Å². The van der Waals surface area contributed by atoms with Gasteiger partial charge in [0.15, 0.2) is 0 Å². The highest BCUT2D eigenvalue weighted by atomic mass is 32.2. The predicted octanol–water partition coefficient (Wildman–Crippen LogP) is 5.62. The van der Waals surface area contributed by atoms with Gasteiger partial charge >= 0.3 is 0 Å². The fraction of sp³-hybridized carbons (Fsp3) is 0.895. The molecule has 1 unspecified atom stereocenters. The van der Waals surface area contributed by atoms with Crippen LogP contribution in [0.4, 0.5) is 0 Å². The van der Waals surface area contributed by atoms with Gasteiger partial charge in [0, 0.05) is 0 Å². The summed E-state index contributed by atoms with van der Waals surface area (Å²) in [4.78, 5) is 0. The highest BCUT2D eigenvalue weighted by molar-refractivity contribution is 7.85. The fourth-order valence-corrected chi connectivity index (χ4v) is 4.59. The molecule has 0 saturated carbocycles. The standard InChI is InChI=1S/C19H36O3S/c1-4-7-8-11-17-14-16(6-3)15-18(19(17)10-5-2)12-9-13-23(20,21)22/h14,16,18-19H,4-13,15H2,1-3H3,(H,20,21,22)/t16-,18?,19+/m0/s1. The Morgan fingerprint density at radius 2 is 1.83 bits per heavy atom. The average molecular weight is 345 g/mol. The second kappa shape index (κ2) is 10.5. The maximum absolute atomic E-state index is 11.0. The third-order valence-corrected chi connectivity index (χ3v) is 6.08. The van der Waals surface area contributed by atoms with Crippen LogP contribution in [0.1, 0.15) is 85.0 Å². The highest BCUT2D eigenvalue weighted by Gasteiger charge is 2.30. The highest BCUT2D eigenvalue weighted by Crippen LogP contribution is 2.42. The molecular weight excluding hydrogens is 308 g/mol. The maximum Gasteiger partial charge on any atom is 0.264 e. The molecule has 0 aromatic rings. The minimum Gasteiger partial charge on any atom is -0.286 e. The van der Waals surface area contributed by atoms with Crippen molar-refractivity contribution in [3.05, 3.63) is 11.6 Å². The van der Waals surface area contributed by atoms with E-state index >= 15 is 0 Å². The molecule has 1 aliphatic rings. The second-order valence-electron chi connectivity index (χ2n) is 7.19. The van der Waals surface area contributed by atoms with Crippen molar-refractivity contribution in [3.8, 4) is 0 Å². The Hall–Kier alpha value is -0.350. The van der Waals surface area contributed by atoms with E-state index in [9.17, 15) is 8.42 Å². The van der Waals surface area contributed by atoms with Gasteiger partial charge in [-0.25, -0.2) is 0 Å². The number of hydrogen-bond acceptors (Lipinski definition) is 2. The van der Waals surface area contributed by atoms with Crippen molar-refractivity contribution in [2.75, 3.05) is 5.75 Å². The molecule has 1 rings (SSSR count).